The van der Waals surface area contributed by atoms with Crippen molar-refractivity contribution in [2.45, 2.75) is 24.1 Å². The van der Waals surface area contributed by atoms with Crippen LogP contribution in [0.5, 0.6) is 0 Å². The molecular formula is C10H12FNO5. The number of hydrogen-bond acceptors (Lipinski definition) is 6. The summed E-state index contributed by atoms with van der Waals surface area (Å²) in [5.74, 6) is -3.18. The van der Waals surface area contributed by atoms with E-state index < -0.39 is 36.7 Å². The Kier molecular flexibility index (Phi) is 3.11. The monoisotopic (exact) mass is 245 g/mol. The summed E-state index contributed by atoms with van der Waals surface area (Å²) in [5.41, 5.74) is -0.264. The van der Waals surface area contributed by atoms with Crippen LogP contribution < -0.4 is 0 Å². The molecule has 7 heteroatoms. The lowest BCUT2D eigenvalue weighted by Gasteiger charge is -2.25. The zero-order valence-electron chi connectivity index (χ0n) is 8.69. The Morgan fingerprint density at radius 2 is 2.12 bits per heavy atom. The van der Waals surface area contributed by atoms with E-state index in [9.17, 15) is 19.7 Å². The van der Waals surface area contributed by atoms with Crippen LogP contribution in [0.4, 0.5) is 4.39 Å². The molecule has 1 aliphatic rings. The predicted octanol–water partition coefficient (Wildman–Crippen LogP) is -1.52. The van der Waals surface area contributed by atoms with Crippen molar-refractivity contribution in [2.75, 3.05) is 6.61 Å². The van der Waals surface area contributed by atoms with Gasteiger partial charge in [0, 0.05) is 0 Å². The zero-order chi connectivity index (χ0) is 12.6. The van der Waals surface area contributed by atoms with Crippen molar-refractivity contribution in [3.05, 3.63) is 29.8 Å². The van der Waals surface area contributed by atoms with E-state index in [0.29, 0.717) is 0 Å². The van der Waals surface area contributed by atoms with Crippen molar-refractivity contribution in [1.29, 1.82) is 0 Å². The molecule has 0 spiro atoms. The third-order valence-electron chi connectivity index (χ3n) is 2.70. The van der Waals surface area contributed by atoms with E-state index in [2.05, 4.69) is 4.98 Å². The first-order valence-electron chi connectivity index (χ1n) is 4.99. The van der Waals surface area contributed by atoms with Crippen LogP contribution in [0.3, 0.4) is 0 Å². The van der Waals surface area contributed by atoms with Gasteiger partial charge in [0.25, 0.3) is 0 Å². The van der Waals surface area contributed by atoms with Gasteiger partial charge in [-0.15, -0.1) is 0 Å². The lowest BCUT2D eigenvalue weighted by molar-refractivity contribution is -0.242. The van der Waals surface area contributed by atoms with E-state index in [1.807, 2.05) is 0 Å². The fraction of sp³-hybridized carbons (Fsp3) is 0.500. The number of halogens is 1. The highest BCUT2D eigenvalue weighted by molar-refractivity contribution is 5.16. The molecule has 0 aliphatic carbocycles. The third-order valence-corrected chi connectivity index (χ3v) is 2.70. The van der Waals surface area contributed by atoms with E-state index in [0.717, 1.165) is 6.07 Å². The molecule has 1 aliphatic heterocycles. The third kappa shape index (κ3) is 1.92. The predicted molar refractivity (Wildman–Crippen MR) is 52.1 cm³/mol. The SMILES string of the molecule is OC[C@H]1O[C@](O)(c2cccc(F)n2)[C@H](O)[C@@H]1O. The van der Waals surface area contributed by atoms with Gasteiger partial charge in [-0.05, 0) is 12.1 Å². The molecule has 0 saturated carbocycles. The highest BCUT2D eigenvalue weighted by Crippen LogP contribution is 2.36. The molecule has 1 fully saturated rings. The lowest BCUT2D eigenvalue weighted by atomic mass is 10.0. The maximum Gasteiger partial charge on any atom is 0.240 e. The van der Waals surface area contributed by atoms with Crippen LogP contribution in [-0.2, 0) is 10.5 Å². The van der Waals surface area contributed by atoms with Gasteiger partial charge in [0.2, 0.25) is 11.7 Å². The Bertz CT molecular complexity index is 417. The van der Waals surface area contributed by atoms with E-state index in [-0.39, 0.29) is 5.69 Å². The second kappa shape index (κ2) is 4.28. The molecule has 6 nitrogen and oxygen atoms in total. The summed E-state index contributed by atoms with van der Waals surface area (Å²) in [6.07, 6.45) is -4.34. The summed E-state index contributed by atoms with van der Waals surface area (Å²) < 4.78 is 17.9. The Morgan fingerprint density at radius 1 is 1.41 bits per heavy atom. The zero-order valence-corrected chi connectivity index (χ0v) is 8.69. The Labute approximate surface area is 95.9 Å². The summed E-state index contributed by atoms with van der Waals surface area (Å²) in [7, 11) is 0. The molecule has 0 amide bonds. The topological polar surface area (TPSA) is 103 Å². The van der Waals surface area contributed by atoms with Crippen LogP contribution in [-0.4, -0.2) is 50.3 Å². The summed E-state index contributed by atoms with van der Waals surface area (Å²) in [4.78, 5) is 3.39. The van der Waals surface area contributed by atoms with Crippen LogP contribution >= 0.6 is 0 Å². The van der Waals surface area contributed by atoms with Crippen molar-refractivity contribution in [3.63, 3.8) is 0 Å². The number of aliphatic hydroxyl groups excluding tert-OH is 3. The van der Waals surface area contributed by atoms with Crippen LogP contribution in [0.2, 0.25) is 0 Å². The van der Waals surface area contributed by atoms with Crippen molar-refractivity contribution >= 4 is 0 Å². The first kappa shape index (κ1) is 12.3. The van der Waals surface area contributed by atoms with Gasteiger partial charge < -0.3 is 25.2 Å². The quantitative estimate of drug-likeness (QED) is 0.472. The number of aromatic nitrogens is 1. The molecule has 4 atom stereocenters. The van der Waals surface area contributed by atoms with Gasteiger partial charge in [-0.25, -0.2) is 4.98 Å². The molecule has 2 heterocycles. The normalized spacial score (nSPS) is 37.4. The van der Waals surface area contributed by atoms with Gasteiger partial charge in [0.1, 0.15) is 24.0 Å². The molecule has 4 N–H and O–H groups in total. The number of pyridine rings is 1. The first-order valence-corrected chi connectivity index (χ1v) is 4.99. The van der Waals surface area contributed by atoms with Gasteiger partial charge in [0.05, 0.1) is 6.61 Å². The fourth-order valence-electron chi connectivity index (χ4n) is 1.77. The molecule has 1 aromatic rings. The lowest BCUT2D eigenvalue weighted by Crippen LogP contribution is -2.41. The molecule has 1 aromatic heterocycles. The fourth-order valence-corrected chi connectivity index (χ4v) is 1.77. The highest BCUT2D eigenvalue weighted by atomic mass is 19.1. The number of aliphatic hydroxyl groups is 4. The van der Waals surface area contributed by atoms with Crippen molar-refractivity contribution in [3.8, 4) is 0 Å². The number of nitrogens with zero attached hydrogens (tertiary/aromatic N) is 1. The smallest absolute Gasteiger partial charge is 0.240 e. The summed E-state index contributed by atoms with van der Waals surface area (Å²) in [5, 5.41) is 38.1. The van der Waals surface area contributed by atoms with Crippen LogP contribution in [0.25, 0.3) is 0 Å². The molecule has 17 heavy (non-hydrogen) atoms. The van der Waals surface area contributed by atoms with Crippen molar-refractivity contribution in [2.24, 2.45) is 0 Å². The van der Waals surface area contributed by atoms with Crippen LogP contribution in [0, 0.1) is 5.95 Å². The van der Waals surface area contributed by atoms with Crippen LogP contribution in [0.1, 0.15) is 5.69 Å². The minimum absolute atomic E-state index is 0.264. The molecule has 0 aromatic carbocycles. The summed E-state index contributed by atoms with van der Waals surface area (Å²) in [6, 6.07) is 3.59. The van der Waals surface area contributed by atoms with Gasteiger partial charge in [-0.2, -0.15) is 4.39 Å². The van der Waals surface area contributed by atoms with E-state index >= 15 is 0 Å². The average Bonchev–Trinajstić information content (AvgIpc) is 2.55. The van der Waals surface area contributed by atoms with Gasteiger partial charge in [-0.3, -0.25) is 0 Å². The Hall–Kier alpha value is -1.12. The van der Waals surface area contributed by atoms with Crippen molar-refractivity contribution < 1.29 is 29.6 Å². The molecule has 0 radical (unpaired) electrons. The Morgan fingerprint density at radius 3 is 2.65 bits per heavy atom. The van der Waals surface area contributed by atoms with Gasteiger partial charge in [0.15, 0.2) is 0 Å². The molecular weight excluding hydrogens is 233 g/mol. The number of hydrogen-bond donors (Lipinski definition) is 4. The number of rotatable bonds is 2. The summed E-state index contributed by atoms with van der Waals surface area (Å²) in [6.45, 7) is -0.587. The largest absolute Gasteiger partial charge is 0.394 e. The molecule has 2 rings (SSSR count). The standard InChI is InChI=1S/C10H12FNO5/c11-7-3-1-2-6(12-7)10(16)9(15)8(14)5(4-13)17-10/h1-3,5,8-9,13-16H,4H2/t5-,8-,9-,10-/m1/s1. The first-order chi connectivity index (χ1) is 7.99. The minimum atomic E-state index is -2.32. The van der Waals surface area contributed by atoms with E-state index in [1.165, 1.54) is 12.1 Å². The molecule has 1 saturated heterocycles. The van der Waals surface area contributed by atoms with E-state index in [1.54, 1.807) is 0 Å². The highest BCUT2D eigenvalue weighted by Gasteiger charge is 2.55. The van der Waals surface area contributed by atoms with Gasteiger partial charge in [-0.1, -0.05) is 6.07 Å². The Balaban J connectivity index is 2.37. The maximum atomic E-state index is 12.9. The average molecular weight is 245 g/mol. The minimum Gasteiger partial charge on any atom is -0.394 e. The van der Waals surface area contributed by atoms with Gasteiger partial charge >= 0.3 is 0 Å². The molecule has 0 unspecified atom stereocenters. The molecule has 0 bridgehead atoms. The second-order valence-electron chi connectivity index (χ2n) is 3.82. The number of ether oxygens (including phenoxy) is 1. The maximum absolute atomic E-state index is 12.9. The molecule has 94 valence electrons. The van der Waals surface area contributed by atoms with Crippen LogP contribution in [0.15, 0.2) is 18.2 Å². The van der Waals surface area contributed by atoms with E-state index in [4.69, 9.17) is 9.84 Å². The summed E-state index contributed by atoms with van der Waals surface area (Å²) >= 11 is 0. The second-order valence-corrected chi connectivity index (χ2v) is 3.82. The van der Waals surface area contributed by atoms with Crippen molar-refractivity contribution in [1.82, 2.24) is 4.98 Å².